The number of nitrogens with one attached hydrogen (secondary N) is 2. The number of esters is 1. The van der Waals surface area contributed by atoms with Crippen LogP contribution in [-0.2, 0) is 25.6 Å². The molecule has 5 rings (SSSR count). The second kappa shape index (κ2) is 13.3. The lowest BCUT2D eigenvalue weighted by Crippen LogP contribution is -2.35. The summed E-state index contributed by atoms with van der Waals surface area (Å²) in [5.74, 6) is -2.01. The molecule has 4 aromatic carbocycles. The average Bonchev–Trinajstić information content (AvgIpc) is 3.30. The van der Waals surface area contributed by atoms with E-state index in [1.165, 1.54) is 6.07 Å². The van der Waals surface area contributed by atoms with Crippen molar-refractivity contribution in [1.82, 2.24) is 5.32 Å². The zero-order valence-corrected chi connectivity index (χ0v) is 25.2. The van der Waals surface area contributed by atoms with Gasteiger partial charge in [0.2, 0.25) is 0 Å². The maximum atomic E-state index is 14.1. The van der Waals surface area contributed by atoms with Crippen LogP contribution in [0.4, 0.5) is 16.2 Å². The Balaban J connectivity index is 1.51. The van der Waals surface area contributed by atoms with Gasteiger partial charge in [-0.1, -0.05) is 78.9 Å². The normalized spacial score (nSPS) is 13.5. The molecule has 0 unspecified atom stereocenters. The van der Waals surface area contributed by atoms with E-state index in [9.17, 15) is 19.2 Å². The van der Waals surface area contributed by atoms with Crippen molar-refractivity contribution in [2.24, 2.45) is 5.41 Å². The Morgan fingerprint density at radius 3 is 2.00 bits per heavy atom. The third-order valence-electron chi connectivity index (χ3n) is 6.94. The molecule has 3 amide bonds. The Morgan fingerprint density at radius 1 is 0.778 bits per heavy atom. The number of carbonyl (C=O) groups is 4. The third kappa shape index (κ3) is 7.27. The largest absolute Gasteiger partial charge is 0.421 e. The molecule has 0 aromatic heterocycles. The van der Waals surface area contributed by atoms with Crippen LogP contribution >= 0.6 is 0 Å². The van der Waals surface area contributed by atoms with Crippen LogP contribution in [0.25, 0.3) is 11.3 Å². The molecule has 1 heterocycles. The summed E-state index contributed by atoms with van der Waals surface area (Å²) in [6, 6.07) is 31.3. The van der Waals surface area contributed by atoms with Gasteiger partial charge in [-0.25, -0.2) is 14.4 Å². The summed E-state index contributed by atoms with van der Waals surface area (Å²) < 4.78 is 5.90. The van der Waals surface area contributed by atoms with Gasteiger partial charge in [0.25, 0.3) is 5.91 Å². The molecule has 228 valence electrons. The number of carbonyl (C=O) groups excluding carboxylic acids is 4. The van der Waals surface area contributed by atoms with E-state index in [-0.39, 0.29) is 17.0 Å². The highest BCUT2D eigenvalue weighted by molar-refractivity contribution is 6.37. The summed E-state index contributed by atoms with van der Waals surface area (Å²) in [4.78, 5) is 58.6. The standard InChI is InChI=1S/C36H33N3O6/c1-36(2,3)34(42)45-39-29-23-27(38-35(43)37-22-21-24-13-7-4-8-14-24)19-20-28(29)30(32(39)40)31(25-15-9-5-10-16-25)44-33(41)26-17-11-6-12-18-26/h4-20,23H,21-22H2,1-3H3,(H2,37,38,43)/b31-30-. The van der Waals surface area contributed by atoms with Gasteiger partial charge in [0, 0.05) is 23.4 Å². The summed E-state index contributed by atoms with van der Waals surface area (Å²) in [6.45, 7) is 5.42. The summed E-state index contributed by atoms with van der Waals surface area (Å²) in [6.07, 6.45) is 0.654. The summed E-state index contributed by atoms with van der Waals surface area (Å²) >= 11 is 0. The van der Waals surface area contributed by atoms with Crippen molar-refractivity contribution in [3.8, 4) is 0 Å². The van der Waals surface area contributed by atoms with Gasteiger partial charge < -0.3 is 20.2 Å². The highest BCUT2D eigenvalue weighted by Crippen LogP contribution is 2.43. The van der Waals surface area contributed by atoms with E-state index < -0.39 is 29.3 Å². The Labute approximate surface area is 261 Å². The van der Waals surface area contributed by atoms with Gasteiger partial charge >= 0.3 is 18.0 Å². The molecule has 45 heavy (non-hydrogen) atoms. The number of rotatable bonds is 8. The molecule has 9 heteroatoms. The second-order valence-electron chi connectivity index (χ2n) is 11.4. The van der Waals surface area contributed by atoms with Crippen LogP contribution in [0.3, 0.4) is 0 Å². The first-order valence-corrected chi connectivity index (χ1v) is 14.5. The predicted octanol–water partition coefficient (Wildman–Crippen LogP) is 6.63. The molecule has 9 nitrogen and oxygen atoms in total. The van der Waals surface area contributed by atoms with E-state index in [4.69, 9.17) is 9.57 Å². The number of nitrogens with zero attached hydrogens (tertiary/aromatic N) is 1. The summed E-state index contributed by atoms with van der Waals surface area (Å²) in [5, 5.41) is 6.48. The number of fused-ring (bicyclic) bond motifs is 1. The van der Waals surface area contributed by atoms with Crippen molar-refractivity contribution < 1.29 is 28.8 Å². The number of anilines is 2. The van der Waals surface area contributed by atoms with Crippen molar-refractivity contribution in [1.29, 1.82) is 0 Å². The fraction of sp³-hybridized carbons (Fsp3) is 0.167. The molecule has 0 aliphatic carbocycles. The molecule has 1 aliphatic rings. The van der Waals surface area contributed by atoms with Crippen LogP contribution in [-0.4, -0.2) is 30.4 Å². The van der Waals surface area contributed by atoms with Crippen LogP contribution < -0.4 is 15.7 Å². The molecule has 0 spiro atoms. The molecule has 0 bridgehead atoms. The maximum absolute atomic E-state index is 14.1. The molecule has 2 N–H and O–H groups in total. The maximum Gasteiger partial charge on any atom is 0.343 e. The number of hydrogen-bond donors (Lipinski definition) is 2. The predicted molar refractivity (Wildman–Crippen MR) is 172 cm³/mol. The first-order valence-electron chi connectivity index (χ1n) is 14.5. The molecule has 0 atom stereocenters. The van der Waals surface area contributed by atoms with E-state index in [0.29, 0.717) is 35.3 Å². The summed E-state index contributed by atoms with van der Waals surface area (Å²) in [7, 11) is 0. The van der Waals surface area contributed by atoms with Gasteiger partial charge in [0.05, 0.1) is 22.2 Å². The molecule has 0 radical (unpaired) electrons. The van der Waals surface area contributed by atoms with E-state index >= 15 is 0 Å². The Bertz CT molecular complexity index is 1750. The summed E-state index contributed by atoms with van der Waals surface area (Å²) in [5.41, 5.74) is 1.89. The lowest BCUT2D eigenvalue weighted by molar-refractivity contribution is -0.157. The van der Waals surface area contributed by atoms with E-state index in [1.54, 1.807) is 93.6 Å². The molecule has 4 aromatic rings. The van der Waals surface area contributed by atoms with Gasteiger partial charge in [0.1, 0.15) is 0 Å². The van der Waals surface area contributed by atoms with Gasteiger partial charge in [-0.2, -0.15) is 0 Å². The van der Waals surface area contributed by atoms with Crippen LogP contribution in [0.15, 0.2) is 109 Å². The minimum atomic E-state index is -0.927. The quantitative estimate of drug-likeness (QED) is 0.133. The van der Waals surface area contributed by atoms with Crippen molar-refractivity contribution in [2.75, 3.05) is 16.9 Å². The van der Waals surface area contributed by atoms with E-state index in [1.807, 2.05) is 30.3 Å². The van der Waals surface area contributed by atoms with Gasteiger partial charge in [-0.3, -0.25) is 4.79 Å². The van der Waals surface area contributed by atoms with Crippen LogP contribution in [0, 0.1) is 5.41 Å². The van der Waals surface area contributed by atoms with E-state index in [0.717, 1.165) is 10.6 Å². The van der Waals surface area contributed by atoms with Crippen molar-refractivity contribution in [3.63, 3.8) is 0 Å². The van der Waals surface area contributed by atoms with Crippen molar-refractivity contribution >= 4 is 46.6 Å². The molecule has 0 saturated heterocycles. The van der Waals surface area contributed by atoms with Crippen LogP contribution in [0.1, 0.15) is 47.8 Å². The minimum Gasteiger partial charge on any atom is -0.421 e. The Kier molecular flexibility index (Phi) is 9.09. The zero-order valence-electron chi connectivity index (χ0n) is 25.2. The van der Waals surface area contributed by atoms with Crippen LogP contribution in [0.2, 0.25) is 0 Å². The zero-order chi connectivity index (χ0) is 32.0. The Morgan fingerprint density at radius 2 is 1.38 bits per heavy atom. The SMILES string of the molecule is CC(C)(C)C(=O)ON1C(=O)/C(=C(\OC(=O)c2ccccc2)c2ccccc2)c2ccc(NC(=O)NCCc3ccccc3)cc21. The lowest BCUT2D eigenvalue weighted by atomic mass is 9.98. The number of urea groups is 1. The smallest absolute Gasteiger partial charge is 0.343 e. The first kappa shape index (κ1) is 30.7. The number of hydroxylamine groups is 1. The van der Waals surface area contributed by atoms with Gasteiger partial charge in [-0.05, 0) is 63.1 Å². The molecule has 0 saturated carbocycles. The topological polar surface area (TPSA) is 114 Å². The Hall–Kier alpha value is -5.70. The fourth-order valence-electron chi connectivity index (χ4n) is 4.55. The van der Waals surface area contributed by atoms with Crippen LogP contribution in [0.5, 0.6) is 0 Å². The fourth-order valence-corrected chi connectivity index (χ4v) is 4.55. The highest BCUT2D eigenvalue weighted by Gasteiger charge is 2.41. The monoisotopic (exact) mass is 603 g/mol. The van der Waals surface area contributed by atoms with Crippen molar-refractivity contribution in [2.45, 2.75) is 27.2 Å². The number of amides is 3. The van der Waals surface area contributed by atoms with Gasteiger partial charge in [-0.15, -0.1) is 5.06 Å². The average molecular weight is 604 g/mol. The lowest BCUT2D eigenvalue weighted by Gasteiger charge is -2.22. The van der Waals surface area contributed by atoms with E-state index in [2.05, 4.69) is 10.6 Å². The highest BCUT2D eigenvalue weighted by atomic mass is 16.7. The number of ether oxygens (including phenoxy) is 1. The molecular formula is C36H33N3O6. The minimum absolute atomic E-state index is 0.00405. The molecule has 1 aliphatic heterocycles. The second-order valence-corrected chi connectivity index (χ2v) is 11.4. The van der Waals surface area contributed by atoms with Gasteiger partial charge in [0.15, 0.2) is 5.76 Å². The van der Waals surface area contributed by atoms with Crippen molar-refractivity contribution in [3.05, 3.63) is 131 Å². The number of benzene rings is 4. The first-order chi connectivity index (χ1) is 21.6. The molecule has 0 fully saturated rings. The third-order valence-corrected chi connectivity index (χ3v) is 6.94. The number of hydrogen-bond acceptors (Lipinski definition) is 6. The molecular weight excluding hydrogens is 570 g/mol.